The Kier molecular flexibility index (Phi) is 3.72. The van der Waals surface area contributed by atoms with Crippen LogP contribution in [0.15, 0.2) is 30.3 Å². The fourth-order valence-corrected chi connectivity index (χ4v) is 3.29. The van der Waals surface area contributed by atoms with E-state index in [2.05, 4.69) is 10.6 Å². The maximum absolute atomic E-state index is 12.4. The number of benzene rings is 1. The summed E-state index contributed by atoms with van der Waals surface area (Å²) in [4.78, 5) is 24.4. The Morgan fingerprint density at radius 3 is 2.55 bits per heavy atom. The molecule has 0 unspecified atom stereocenters. The van der Waals surface area contributed by atoms with E-state index in [9.17, 15) is 9.59 Å². The van der Waals surface area contributed by atoms with Crippen molar-refractivity contribution >= 4 is 11.8 Å². The van der Waals surface area contributed by atoms with Gasteiger partial charge in [0.15, 0.2) is 0 Å². The molecule has 2 N–H and O–H groups in total. The van der Waals surface area contributed by atoms with Crippen LogP contribution in [0.25, 0.3) is 0 Å². The first-order chi connectivity index (χ1) is 9.75. The predicted octanol–water partition coefficient (Wildman–Crippen LogP) is 1.57. The first-order valence-electron chi connectivity index (χ1n) is 7.39. The molecule has 1 heterocycles. The molecule has 1 aliphatic heterocycles. The van der Waals surface area contributed by atoms with Gasteiger partial charge in [0, 0.05) is 18.5 Å². The molecule has 0 spiro atoms. The van der Waals surface area contributed by atoms with Crippen LogP contribution in [0.5, 0.6) is 0 Å². The summed E-state index contributed by atoms with van der Waals surface area (Å²) in [6, 6.07) is 10.1. The largest absolute Gasteiger partial charge is 0.355 e. The average molecular weight is 272 g/mol. The summed E-state index contributed by atoms with van der Waals surface area (Å²) >= 11 is 0. The molecule has 1 aromatic rings. The lowest BCUT2D eigenvalue weighted by Gasteiger charge is -2.19. The van der Waals surface area contributed by atoms with Gasteiger partial charge in [0.05, 0.1) is 0 Å². The molecule has 4 heteroatoms. The minimum Gasteiger partial charge on any atom is -0.355 e. The number of nitrogens with one attached hydrogen (secondary N) is 2. The van der Waals surface area contributed by atoms with Gasteiger partial charge in [-0.2, -0.15) is 0 Å². The summed E-state index contributed by atoms with van der Waals surface area (Å²) < 4.78 is 0. The quantitative estimate of drug-likeness (QED) is 0.821. The van der Waals surface area contributed by atoms with E-state index in [1.165, 1.54) is 12.8 Å². The highest BCUT2D eigenvalue weighted by Crippen LogP contribution is 2.29. The zero-order valence-electron chi connectivity index (χ0n) is 11.5. The summed E-state index contributed by atoms with van der Waals surface area (Å²) in [7, 11) is 0. The van der Waals surface area contributed by atoms with Crippen LogP contribution in [-0.2, 0) is 9.59 Å². The standard InChI is InChI=1S/C16H20N2O2/c19-15-14(16(20)18-12-8-4-5-9-12)13(10-17-15)11-6-2-1-3-7-11/h1-3,6-7,12-14H,4-5,8-10H2,(H,17,19)(H,18,20)/t13-,14-/m0/s1. The highest BCUT2D eigenvalue weighted by molar-refractivity contribution is 6.03. The van der Waals surface area contributed by atoms with Crippen molar-refractivity contribution in [2.24, 2.45) is 5.92 Å². The van der Waals surface area contributed by atoms with E-state index in [1.54, 1.807) is 0 Å². The predicted molar refractivity (Wildman–Crippen MR) is 76.1 cm³/mol. The van der Waals surface area contributed by atoms with Crippen LogP contribution in [0.1, 0.15) is 37.2 Å². The number of carbonyl (C=O) groups is 2. The number of carbonyl (C=O) groups excluding carboxylic acids is 2. The molecule has 1 saturated heterocycles. The third-order valence-electron chi connectivity index (χ3n) is 4.39. The van der Waals surface area contributed by atoms with E-state index in [4.69, 9.17) is 0 Å². The summed E-state index contributed by atoms with van der Waals surface area (Å²) in [5.41, 5.74) is 1.05. The lowest BCUT2D eigenvalue weighted by atomic mass is 9.88. The van der Waals surface area contributed by atoms with Crippen molar-refractivity contribution in [1.29, 1.82) is 0 Å². The summed E-state index contributed by atoms with van der Waals surface area (Å²) in [5.74, 6) is -0.891. The third kappa shape index (κ3) is 2.55. The Bertz CT molecular complexity index is 494. The molecular formula is C16H20N2O2. The van der Waals surface area contributed by atoms with Crippen molar-refractivity contribution in [3.8, 4) is 0 Å². The minimum absolute atomic E-state index is 0.0508. The van der Waals surface area contributed by atoms with Gasteiger partial charge in [-0.05, 0) is 18.4 Å². The van der Waals surface area contributed by atoms with Gasteiger partial charge in [-0.1, -0.05) is 43.2 Å². The topological polar surface area (TPSA) is 58.2 Å². The first-order valence-corrected chi connectivity index (χ1v) is 7.39. The second-order valence-electron chi connectivity index (χ2n) is 5.73. The summed E-state index contributed by atoms with van der Waals surface area (Å²) in [5, 5.41) is 5.88. The van der Waals surface area contributed by atoms with Gasteiger partial charge in [-0.15, -0.1) is 0 Å². The van der Waals surface area contributed by atoms with Crippen molar-refractivity contribution in [3.05, 3.63) is 35.9 Å². The highest BCUT2D eigenvalue weighted by atomic mass is 16.2. The van der Waals surface area contributed by atoms with E-state index in [0.717, 1.165) is 18.4 Å². The number of hydrogen-bond donors (Lipinski definition) is 2. The molecule has 1 aromatic carbocycles. The van der Waals surface area contributed by atoms with E-state index >= 15 is 0 Å². The van der Waals surface area contributed by atoms with Crippen molar-refractivity contribution < 1.29 is 9.59 Å². The van der Waals surface area contributed by atoms with Gasteiger partial charge >= 0.3 is 0 Å². The smallest absolute Gasteiger partial charge is 0.233 e. The Balaban J connectivity index is 1.74. The fraction of sp³-hybridized carbons (Fsp3) is 0.500. The first kappa shape index (κ1) is 13.2. The van der Waals surface area contributed by atoms with Crippen LogP contribution >= 0.6 is 0 Å². The molecule has 0 radical (unpaired) electrons. The van der Waals surface area contributed by atoms with Crippen molar-refractivity contribution in [2.45, 2.75) is 37.6 Å². The van der Waals surface area contributed by atoms with E-state index in [-0.39, 0.29) is 23.8 Å². The molecule has 0 bridgehead atoms. The maximum atomic E-state index is 12.4. The van der Waals surface area contributed by atoms with Crippen LogP contribution in [0.3, 0.4) is 0 Å². The highest BCUT2D eigenvalue weighted by Gasteiger charge is 2.41. The molecule has 0 aromatic heterocycles. The summed E-state index contributed by atoms with van der Waals surface area (Å²) in [6.07, 6.45) is 4.42. The maximum Gasteiger partial charge on any atom is 0.233 e. The van der Waals surface area contributed by atoms with Gasteiger partial charge in [-0.25, -0.2) is 0 Å². The van der Waals surface area contributed by atoms with Gasteiger partial charge in [0.25, 0.3) is 0 Å². The molecule has 2 fully saturated rings. The van der Waals surface area contributed by atoms with Gasteiger partial charge in [-0.3, -0.25) is 9.59 Å². The number of hydrogen-bond acceptors (Lipinski definition) is 2. The summed E-state index contributed by atoms with van der Waals surface area (Å²) in [6.45, 7) is 0.547. The lowest BCUT2D eigenvalue weighted by Crippen LogP contribution is -2.41. The SMILES string of the molecule is O=C1NC[C@@H](c2ccccc2)[C@@H]1C(=O)NC1CCCC1. The molecule has 106 valence electrons. The molecule has 1 saturated carbocycles. The normalized spacial score (nSPS) is 26.5. The van der Waals surface area contributed by atoms with Crippen LogP contribution < -0.4 is 10.6 Å². The molecule has 4 nitrogen and oxygen atoms in total. The Labute approximate surface area is 118 Å². The number of rotatable bonds is 3. The number of amides is 2. The molecule has 3 rings (SSSR count). The van der Waals surface area contributed by atoms with Crippen LogP contribution in [0.2, 0.25) is 0 Å². The second kappa shape index (κ2) is 5.65. The van der Waals surface area contributed by atoms with Crippen molar-refractivity contribution in [3.63, 3.8) is 0 Å². The zero-order chi connectivity index (χ0) is 13.9. The fourth-order valence-electron chi connectivity index (χ4n) is 3.29. The van der Waals surface area contributed by atoms with Crippen molar-refractivity contribution in [2.75, 3.05) is 6.54 Å². The van der Waals surface area contributed by atoms with E-state index in [1.807, 2.05) is 30.3 Å². The zero-order valence-corrected chi connectivity index (χ0v) is 11.5. The molecule has 20 heavy (non-hydrogen) atoms. The van der Waals surface area contributed by atoms with Gasteiger partial charge < -0.3 is 10.6 Å². The van der Waals surface area contributed by atoms with E-state index < -0.39 is 5.92 Å². The average Bonchev–Trinajstić information content (AvgIpc) is 3.09. The minimum atomic E-state index is -0.585. The van der Waals surface area contributed by atoms with Gasteiger partial charge in [0.2, 0.25) is 11.8 Å². The molecular weight excluding hydrogens is 252 g/mol. The van der Waals surface area contributed by atoms with Crippen molar-refractivity contribution in [1.82, 2.24) is 10.6 Å². The van der Waals surface area contributed by atoms with Crippen LogP contribution in [0, 0.1) is 5.92 Å². The van der Waals surface area contributed by atoms with E-state index in [0.29, 0.717) is 6.54 Å². The molecule has 2 aliphatic rings. The Hall–Kier alpha value is -1.84. The van der Waals surface area contributed by atoms with Crippen LogP contribution in [0.4, 0.5) is 0 Å². The molecule has 1 aliphatic carbocycles. The lowest BCUT2D eigenvalue weighted by molar-refractivity contribution is -0.133. The Morgan fingerprint density at radius 2 is 1.85 bits per heavy atom. The van der Waals surface area contributed by atoms with Gasteiger partial charge in [0.1, 0.15) is 5.92 Å². The third-order valence-corrected chi connectivity index (χ3v) is 4.39. The monoisotopic (exact) mass is 272 g/mol. The van der Waals surface area contributed by atoms with Crippen LogP contribution in [-0.4, -0.2) is 24.4 Å². The molecule has 2 atom stereocenters. The Morgan fingerprint density at radius 1 is 1.15 bits per heavy atom. The molecule has 2 amide bonds. The second-order valence-corrected chi connectivity index (χ2v) is 5.73.